The van der Waals surface area contributed by atoms with Gasteiger partial charge in [-0.2, -0.15) is 5.10 Å². The minimum atomic E-state index is 0.611. The van der Waals surface area contributed by atoms with Gasteiger partial charge in [0.25, 0.3) is 0 Å². The van der Waals surface area contributed by atoms with Gasteiger partial charge in [-0.05, 0) is 18.8 Å². The van der Waals surface area contributed by atoms with E-state index in [1.54, 1.807) is 0 Å². The highest BCUT2D eigenvalue weighted by Crippen LogP contribution is 2.31. The van der Waals surface area contributed by atoms with Gasteiger partial charge < -0.3 is 5.73 Å². The van der Waals surface area contributed by atoms with Gasteiger partial charge in [-0.3, -0.25) is 0 Å². The maximum Gasteiger partial charge on any atom is 0.121 e. The standard InChI is InChI=1S/C5H12N4/c6-5(8-9-7)3-4-1-2-4/h4,9H,1-3,7H2,(H2,6,8). The summed E-state index contributed by atoms with van der Waals surface area (Å²) in [5.41, 5.74) is 7.60. The van der Waals surface area contributed by atoms with E-state index < -0.39 is 0 Å². The van der Waals surface area contributed by atoms with Crippen molar-refractivity contribution in [2.75, 3.05) is 0 Å². The molecule has 4 heteroatoms. The van der Waals surface area contributed by atoms with E-state index >= 15 is 0 Å². The lowest BCUT2D eigenvalue weighted by Crippen LogP contribution is -2.22. The Morgan fingerprint density at radius 2 is 2.33 bits per heavy atom. The summed E-state index contributed by atoms with van der Waals surface area (Å²) < 4.78 is 0. The van der Waals surface area contributed by atoms with Gasteiger partial charge in [0.1, 0.15) is 5.84 Å². The van der Waals surface area contributed by atoms with Crippen molar-refractivity contribution in [2.45, 2.75) is 19.3 Å². The Balaban J connectivity index is 2.15. The number of hydrazine groups is 1. The van der Waals surface area contributed by atoms with Crippen LogP contribution in [0.25, 0.3) is 0 Å². The number of amidine groups is 1. The summed E-state index contributed by atoms with van der Waals surface area (Å²) in [5, 5.41) is 3.63. The molecule has 0 spiro atoms. The van der Waals surface area contributed by atoms with Crippen LogP contribution in [0.3, 0.4) is 0 Å². The maximum absolute atomic E-state index is 5.43. The third-order valence-electron chi connectivity index (χ3n) is 1.40. The topological polar surface area (TPSA) is 76.4 Å². The number of hydrogen-bond acceptors (Lipinski definition) is 3. The fourth-order valence-electron chi connectivity index (χ4n) is 0.746. The lowest BCUT2D eigenvalue weighted by Gasteiger charge is -1.95. The van der Waals surface area contributed by atoms with Crippen molar-refractivity contribution in [1.29, 1.82) is 0 Å². The van der Waals surface area contributed by atoms with Crippen LogP contribution in [0.15, 0.2) is 5.10 Å². The summed E-state index contributed by atoms with van der Waals surface area (Å²) in [4.78, 5) is 0. The van der Waals surface area contributed by atoms with Gasteiger partial charge >= 0.3 is 0 Å². The molecule has 1 fully saturated rings. The first-order valence-corrected chi connectivity index (χ1v) is 3.10. The predicted molar refractivity (Wildman–Crippen MR) is 36.3 cm³/mol. The fraction of sp³-hybridized carbons (Fsp3) is 0.800. The largest absolute Gasteiger partial charge is 0.386 e. The van der Waals surface area contributed by atoms with Crippen molar-refractivity contribution >= 4 is 5.84 Å². The number of nitrogens with one attached hydrogen (secondary N) is 1. The Bertz CT molecular complexity index is 116. The molecule has 0 saturated heterocycles. The van der Waals surface area contributed by atoms with Crippen LogP contribution in [0.2, 0.25) is 0 Å². The Morgan fingerprint density at radius 1 is 1.67 bits per heavy atom. The molecule has 0 aromatic carbocycles. The van der Waals surface area contributed by atoms with E-state index in [1.165, 1.54) is 12.8 Å². The maximum atomic E-state index is 5.43. The van der Waals surface area contributed by atoms with Crippen LogP contribution in [0.4, 0.5) is 0 Å². The molecule has 0 radical (unpaired) electrons. The van der Waals surface area contributed by atoms with E-state index in [0.717, 1.165) is 12.3 Å². The summed E-state index contributed by atoms with van der Waals surface area (Å²) >= 11 is 0. The second-order valence-electron chi connectivity index (χ2n) is 2.38. The fourth-order valence-corrected chi connectivity index (χ4v) is 0.746. The summed E-state index contributed by atoms with van der Waals surface area (Å²) in [6.07, 6.45) is 3.48. The normalized spacial score (nSPS) is 19.9. The summed E-state index contributed by atoms with van der Waals surface area (Å²) in [5.74, 6) is 6.30. The van der Waals surface area contributed by atoms with E-state index in [9.17, 15) is 0 Å². The molecule has 1 saturated carbocycles. The first-order valence-electron chi connectivity index (χ1n) is 3.10. The molecule has 5 N–H and O–H groups in total. The Hall–Kier alpha value is -0.770. The molecule has 0 aromatic heterocycles. The van der Waals surface area contributed by atoms with Gasteiger partial charge in [0.15, 0.2) is 0 Å². The highest BCUT2D eigenvalue weighted by atomic mass is 15.5. The molecule has 1 rings (SSSR count). The second-order valence-corrected chi connectivity index (χ2v) is 2.38. The van der Waals surface area contributed by atoms with Gasteiger partial charge in [0, 0.05) is 6.42 Å². The van der Waals surface area contributed by atoms with Crippen molar-refractivity contribution in [1.82, 2.24) is 5.53 Å². The monoisotopic (exact) mass is 128 g/mol. The minimum Gasteiger partial charge on any atom is -0.386 e. The van der Waals surface area contributed by atoms with Crippen molar-refractivity contribution in [2.24, 2.45) is 22.6 Å². The van der Waals surface area contributed by atoms with Crippen molar-refractivity contribution in [3.8, 4) is 0 Å². The number of nitrogens with zero attached hydrogens (tertiary/aromatic N) is 1. The summed E-state index contributed by atoms with van der Waals surface area (Å²) in [6.45, 7) is 0. The molecular weight excluding hydrogens is 116 g/mol. The smallest absolute Gasteiger partial charge is 0.121 e. The molecule has 4 nitrogen and oxygen atoms in total. The van der Waals surface area contributed by atoms with Crippen LogP contribution < -0.4 is 17.1 Å². The number of nitrogens with two attached hydrogens (primary N) is 2. The Kier molecular flexibility index (Phi) is 1.89. The second kappa shape index (κ2) is 2.68. The summed E-state index contributed by atoms with van der Waals surface area (Å²) in [6, 6.07) is 0. The number of hydrogen-bond donors (Lipinski definition) is 3. The van der Waals surface area contributed by atoms with Gasteiger partial charge in [0.2, 0.25) is 0 Å². The van der Waals surface area contributed by atoms with E-state index in [1.807, 2.05) is 0 Å². The van der Waals surface area contributed by atoms with E-state index in [-0.39, 0.29) is 0 Å². The van der Waals surface area contributed by atoms with E-state index in [2.05, 4.69) is 10.6 Å². The molecule has 0 atom stereocenters. The van der Waals surface area contributed by atoms with E-state index in [0.29, 0.717) is 5.84 Å². The molecule has 0 aliphatic heterocycles. The molecule has 0 heterocycles. The zero-order valence-electron chi connectivity index (χ0n) is 5.30. The van der Waals surface area contributed by atoms with Crippen molar-refractivity contribution in [3.63, 3.8) is 0 Å². The predicted octanol–water partition coefficient (Wildman–Crippen LogP) is -0.478. The molecule has 0 aromatic rings. The number of hydrazone groups is 1. The Morgan fingerprint density at radius 3 is 2.78 bits per heavy atom. The third-order valence-corrected chi connectivity index (χ3v) is 1.40. The molecule has 52 valence electrons. The van der Waals surface area contributed by atoms with Crippen LogP contribution >= 0.6 is 0 Å². The molecule has 0 unspecified atom stereocenters. The molecule has 0 bridgehead atoms. The minimum absolute atomic E-state index is 0.611. The first-order chi connectivity index (χ1) is 4.33. The highest BCUT2D eigenvalue weighted by Gasteiger charge is 2.22. The number of rotatable bonds is 3. The molecule has 9 heavy (non-hydrogen) atoms. The first kappa shape index (κ1) is 6.35. The third kappa shape index (κ3) is 2.32. The SMILES string of the molecule is NN/N=C(\N)CC1CC1. The van der Waals surface area contributed by atoms with E-state index in [4.69, 9.17) is 11.6 Å². The zero-order valence-corrected chi connectivity index (χ0v) is 5.30. The lowest BCUT2D eigenvalue weighted by molar-refractivity contribution is 0.781. The van der Waals surface area contributed by atoms with Crippen LogP contribution in [-0.2, 0) is 0 Å². The quantitative estimate of drug-likeness (QED) is 0.208. The Labute approximate surface area is 54.3 Å². The van der Waals surface area contributed by atoms with Gasteiger partial charge in [-0.15, -0.1) is 0 Å². The average molecular weight is 128 g/mol. The van der Waals surface area contributed by atoms with Gasteiger partial charge in [-0.1, -0.05) is 0 Å². The molecular formula is C5H12N4. The van der Waals surface area contributed by atoms with Gasteiger partial charge in [0.05, 0.1) is 0 Å². The van der Waals surface area contributed by atoms with Gasteiger partial charge in [-0.25, -0.2) is 11.4 Å². The zero-order chi connectivity index (χ0) is 6.69. The van der Waals surface area contributed by atoms with Crippen LogP contribution in [0, 0.1) is 5.92 Å². The van der Waals surface area contributed by atoms with Crippen LogP contribution in [0.5, 0.6) is 0 Å². The van der Waals surface area contributed by atoms with Crippen LogP contribution in [-0.4, -0.2) is 5.84 Å². The van der Waals surface area contributed by atoms with Crippen LogP contribution in [0.1, 0.15) is 19.3 Å². The molecule has 0 amide bonds. The average Bonchev–Trinajstić information content (AvgIpc) is 2.50. The van der Waals surface area contributed by atoms with Crippen molar-refractivity contribution < 1.29 is 0 Å². The van der Waals surface area contributed by atoms with Crippen molar-refractivity contribution in [3.05, 3.63) is 0 Å². The summed E-state index contributed by atoms with van der Waals surface area (Å²) in [7, 11) is 0. The highest BCUT2D eigenvalue weighted by molar-refractivity contribution is 5.80. The molecule has 1 aliphatic rings. The lowest BCUT2D eigenvalue weighted by atomic mass is 10.3. The molecule has 1 aliphatic carbocycles.